The minimum absolute atomic E-state index is 0.0375. The van der Waals surface area contributed by atoms with Crippen LogP contribution in [0.4, 0.5) is 0 Å². The number of aromatic amines is 1. The summed E-state index contributed by atoms with van der Waals surface area (Å²) in [6, 6.07) is 0. The second kappa shape index (κ2) is 5.64. The monoisotopic (exact) mass is 309 g/mol. The third-order valence-electron chi connectivity index (χ3n) is 4.95. The van der Waals surface area contributed by atoms with Crippen molar-refractivity contribution in [1.82, 2.24) is 15.1 Å². The van der Waals surface area contributed by atoms with Gasteiger partial charge in [-0.25, -0.2) is 0 Å². The fourth-order valence-electron chi connectivity index (χ4n) is 3.53. The first-order valence-electron chi connectivity index (χ1n) is 7.75. The number of amides is 1. The van der Waals surface area contributed by atoms with Crippen molar-refractivity contribution in [3.63, 3.8) is 0 Å². The highest BCUT2D eigenvalue weighted by Crippen LogP contribution is 2.36. The van der Waals surface area contributed by atoms with E-state index in [9.17, 15) is 15.0 Å². The summed E-state index contributed by atoms with van der Waals surface area (Å²) in [7, 11) is 0. The molecule has 0 aliphatic carbocycles. The van der Waals surface area contributed by atoms with Crippen LogP contribution in [-0.2, 0) is 4.74 Å². The molecular weight excluding hydrogens is 286 g/mol. The molecule has 2 fully saturated rings. The topological polar surface area (TPSA) is 98.7 Å². The zero-order chi connectivity index (χ0) is 15.9. The number of aromatic nitrogens is 2. The molecule has 0 bridgehead atoms. The van der Waals surface area contributed by atoms with Gasteiger partial charge in [0.05, 0.1) is 29.6 Å². The van der Waals surface area contributed by atoms with Crippen LogP contribution >= 0.6 is 0 Å². The fourth-order valence-corrected chi connectivity index (χ4v) is 3.53. The van der Waals surface area contributed by atoms with Crippen LogP contribution in [0.3, 0.4) is 0 Å². The van der Waals surface area contributed by atoms with Crippen molar-refractivity contribution in [1.29, 1.82) is 0 Å². The fraction of sp³-hybridized carbons (Fsp3) is 0.733. The Hall–Kier alpha value is -1.44. The van der Waals surface area contributed by atoms with E-state index in [1.165, 1.54) is 0 Å². The molecule has 7 nitrogen and oxygen atoms in total. The molecule has 2 saturated heterocycles. The van der Waals surface area contributed by atoms with Gasteiger partial charge in [-0.1, -0.05) is 0 Å². The molecule has 3 heterocycles. The standard InChI is InChI=1S/C15H23N3O4/c1-9-12(10(2)17-16-9)14(21)18-6-4-15(5-7-18)13(20)11(19)3-8-22-15/h11,13,19-20H,3-8H2,1-2H3,(H,16,17)/t11-,13-/m0/s1. The lowest BCUT2D eigenvalue weighted by molar-refractivity contribution is -0.212. The van der Waals surface area contributed by atoms with Crippen molar-refractivity contribution in [2.45, 2.75) is 50.9 Å². The van der Waals surface area contributed by atoms with Crippen molar-refractivity contribution in [2.75, 3.05) is 19.7 Å². The summed E-state index contributed by atoms with van der Waals surface area (Å²) < 4.78 is 5.79. The molecule has 3 rings (SSSR count). The second-order valence-corrected chi connectivity index (χ2v) is 6.32. The molecule has 0 unspecified atom stereocenters. The molecule has 1 spiro atoms. The summed E-state index contributed by atoms with van der Waals surface area (Å²) in [6.45, 7) is 5.11. The third-order valence-corrected chi connectivity index (χ3v) is 4.95. The van der Waals surface area contributed by atoms with Gasteiger partial charge in [0, 0.05) is 18.8 Å². The summed E-state index contributed by atoms with van der Waals surface area (Å²) in [6.07, 6.45) is -0.0935. The smallest absolute Gasteiger partial charge is 0.257 e. The maximum Gasteiger partial charge on any atom is 0.257 e. The number of carbonyl (C=O) groups is 1. The number of rotatable bonds is 1. The van der Waals surface area contributed by atoms with Gasteiger partial charge in [0.2, 0.25) is 0 Å². The number of piperidine rings is 1. The van der Waals surface area contributed by atoms with Gasteiger partial charge in [0.15, 0.2) is 0 Å². The Kier molecular flexibility index (Phi) is 3.96. The third kappa shape index (κ3) is 2.43. The maximum absolute atomic E-state index is 12.6. The molecule has 2 atom stereocenters. The van der Waals surface area contributed by atoms with Crippen LogP contribution in [0, 0.1) is 13.8 Å². The van der Waals surface area contributed by atoms with Gasteiger partial charge >= 0.3 is 0 Å². The number of H-pyrrole nitrogens is 1. The normalized spacial score (nSPS) is 28.1. The van der Waals surface area contributed by atoms with Gasteiger partial charge in [-0.05, 0) is 33.1 Å². The Balaban J connectivity index is 1.70. The van der Waals surface area contributed by atoms with E-state index in [2.05, 4.69) is 10.2 Å². The zero-order valence-electron chi connectivity index (χ0n) is 13.0. The van der Waals surface area contributed by atoms with Crippen LogP contribution in [-0.4, -0.2) is 68.7 Å². The van der Waals surface area contributed by atoms with E-state index in [0.29, 0.717) is 50.2 Å². The van der Waals surface area contributed by atoms with Crippen LogP contribution in [0.2, 0.25) is 0 Å². The molecule has 2 aliphatic heterocycles. The van der Waals surface area contributed by atoms with E-state index < -0.39 is 17.8 Å². The molecule has 0 aromatic carbocycles. The Morgan fingerprint density at radius 1 is 1.36 bits per heavy atom. The Morgan fingerprint density at radius 3 is 2.64 bits per heavy atom. The molecule has 2 aliphatic rings. The van der Waals surface area contributed by atoms with Gasteiger partial charge in [-0.2, -0.15) is 5.10 Å². The molecule has 0 saturated carbocycles. The predicted molar refractivity (Wildman–Crippen MR) is 78.5 cm³/mol. The quantitative estimate of drug-likeness (QED) is 0.685. The SMILES string of the molecule is Cc1n[nH]c(C)c1C(=O)N1CCC2(CC1)OCC[C@H](O)[C@@H]2O. The molecular formula is C15H23N3O4. The number of nitrogens with one attached hydrogen (secondary N) is 1. The Labute approximate surface area is 129 Å². The summed E-state index contributed by atoms with van der Waals surface area (Å²) in [5.41, 5.74) is 1.38. The zero-order valence-corrected chi connectivity index (χ0v) is 13.0. The van der Waals surface area contributed by atoms with Gasteiger partial charge < -0.3 is 19.8 Å². The summed E-state index contributed by atoms with van der Waals surface area (Å²) >= 11 is 0. The van der Waals surface area contributed by atoms with Gasteiger partial charge in [-0.3, -0.25) is 9.89 Å². The lowest BCUT2D eigenvalue weighted by Gasteiger charge is -2.48. The van der Waals surface area contributed by atoms with Crippen molar-refractivity contribution in [3.8, 4) is 0 Å². The van der Waals surface area contributed by atoms with Crippen LogP contribution in [0.25, 0.3) is 0 Å². The van der Waals surface area contributed by atoms with E-state index in [1.807, 2.05) is 13.8 Å². The number of aliphatic hydroxyl groups excluding tert-OH is 2. The van der Waals surface area contributed by atoms with Crippen LogP contribution in [0.1, 0.15) is 41.0 Å². The van der Waals surface area contributed by atoms with Gasteiger partial charge in [0.25, 0.3) is 5.91 Å². The molecule has 3 N–H and O–H groups in total. The largest absolute Gasteiger partial charge is 0.390 e. The molecule has 22 heavy (non-hydrogen) atoms. The van der Waals surface area contributed by atoms with E-state index in [-0.39, 0.29) is 5.91 Å². The lowest BCUT2D eigenvalue weighted by atomic mass is 9.80. The van der Waals surface area contributed by atoms with Crippen LogP contribution in [0.5, 0.6) is 0 Å². The van der Waals surface area contributed by atoms with Crippen molar-refractivity contribution >= 4 is 5.91 Å². The Morgan fingerprint density at radius 2 is 2.05 bits per heavy atom. The minimum atomic E-state index is -0.879. The van der Waals surface area contributed by atoms with Gasteiger partial charge in [-0.15, -0.1) is 0 Å². The van der Waals surface area contributed by atoms with E-state index >= 15 is 0 Å². The highest BCUT2D eigenvalue weighted by molar-refractivity contribution is 5.96. The average Bonchev–Trinajstić information content (AvgIpc) is 2.84. The van der Waals surface area contributed by atoms with E-state index in [1.54, 1.807) is 4.90 Å². The van der Waals surface area contributed by atoms with E-state index in [4.69, 9.17) is 4.74 Å². The number of likely N-dealkylation sites (tertiary alicyclic amines) is 1. The summed E-state index contributed by atoms with van der Waals surface area (Å²) in [4.78, 5) is 14.4. The van der Waals surface area contributed by atoms with Crippen molar-refractivity contribution < 1.29 is 19.7 Å². The van der Waals surface area contributed by atoms with Crippen molar-refractivity contribution in [2.24, 2.45) is 0 Å². The summed E-state index contributed by atoms with van der Waals surface area (Å²) in [5, 5.41) is 27.0. The molecule has 1 amide bonds. The highest BCUT2D eigenvalue weighted by atomic mass is 16.5. The molecule has 0 radical (unpaired) electrons. The highest BCUT2D eigenvalue weighted by Gasteiger charge is 2.48. The second-order valence-electron chi connectivity index (χ2n) is 6.32. The van der Waals surface area contributed by atoms with Gasteiger partial charge in [0.1, 0.15) is 6.10 Å². The molecule has 7 heteroatoms. The minimum Gasteiger partial charge on any atom is -0.390 e. The van der Waals surface area contributed by atoms with Crippen LogP contribution < -0.4 is 0 Å². The first-order chi connectivity index (χ1) is 10.4. The predicted octanol–water partition coefficient (Wildman–Crippen LogP) is 0.143. The first-order valence-corrected chi connectivity index (χ1v) is 7.75. The number of nitrogens with zero attached hydrogens (tertiary/aromatic N) is 2. The molecule has 122 valence electrons. The lowest BCUT2D eigenvalue weighted by Crippen LogP contribution is -2.60. The number of hydrogen-bond donors (Lipinski definition) is 3. The first kappa shape index (κ1) is 15.5. The van der Waals surface area contributed by atoms with Crippen LogP contribution in [0.15, 0.2) is 0 Å². The molecule has 1 aromatic heterocycles. The van der Waals surface area contributed by atoms with E-state index in [0.717, 1.165) is 5.69 Å². The Bertz CT molecular complexity index is 544. The molecule has 1 aromatic rings. The maximum atomic E-state index is 12.6. The number of hydrogen-bond acceptors (Lipinski definition) is 5. The number of carbonyl (C=O) groups excluding carboxylic acids is 1. The average molecular weight is 309 g/mol. The summed E-state index contributed by atoms with van der Waals surface area (Å²) in [5.74, 6) is -0.0375. The van der Waals surface area contributed by atoms with Crippen molar-refractivity contribution in [3.05, 3.63) is 17.0 Å². The number of aliphatic hydroxyl groups is 2. The number of ether oxygens (including phenoxy) is 1. The number of aryl methyl sites for hydroxylation is 2.